The van der Waals surface area contributed by atoms with Gasteiger partial charge in [0.2, 0.25) is 0 Å². The van der Waals surface area contributed by atoms with Crippen molar-refractivity contribution in [2.24, 2.45) is 0 Å². The lowest BCUT2D eigenvalue weighted by Gasteiger charge is -2.36. The third-order valence-electron chi connectivity index (χ3n) is 3.74. The van der Waals surface area contributed by atoms with Crippen molar-refractivity contribution < 1.29 is 14.0 Å². The van der Waals surface area contributed by atoms with Crippen LogP contribution in [0.2, 0.25) is 0 Å². The number of amides is 3. The number of carbonyl (C=O) groups excluding carboxylic acids is 2. The van der Waals surface area contributed by atoms with Crippen LogP contribution in [0.25, 0.3) is 0 Å². The zero-order valence-corrected chi connectivity index (χ0v) is 14.1. The van der Waals surface area contributed by atoms with E-state index in [0.717, 1.165) is 0 Å². The summed E-state index contributed by atoms with van der Waals surface area (Å²) < 4.78 is 13.3. The van der Waals surface area contributed by atoms with Gasteiger partial charge in [-0.1, -0.05) is 0 Å². The zero-order chi connectivity index (χ0) is 17.2. The first kappa shape index (κ1) is 17.2. The zero-order valence-electron chi connectivity index (χ0n) is 14.1. The van der Waals surface area contributed by atoms with E-state index >= 15 is 0 Å². The molecule has 0 aromatic heterocycles. The van der Waals surface area contributed by atoms with Crippen molar-refractivity contribution in [3.8, 4) is 0 Å². The Kier molecular flexibility index (Phi) is 4.92. The van der Waals surface area contributed by atoms with E-state index in [4.69, 9.17) is 0 Å². The molecular weight excluding hydrogens is 297 g/mol. The number of carbonyl (C=O) groups is 2. The van der Waals surface area contributed by atoms with Gasteiger partial charge in [-0.2, -0.15) is 0 Å². The van der Waals surface area contributed by atoms with Gasteiger partial charge in [-0.25, -0.2) is 9.18 Å². The van der Waals surface area contributed by atoms with Crippen molar-refractivity contribution in [3.05, 3.63) is 35.1 Å². The molecule has 1 saturated heterocycles. The maximum absolute atomic E-state index is 13.3. The molecule has 1 heterocycles. The number of nitrogens with zero attached hydrogens (tertiary/aromatic N) is 2. The van der Waals surface area contributed by atoms with Gasteiger partial charge in [0.15, 0.2) is 0 Å². The molecule has 0 bridgehead atoms. The largest absolute Gasteiger partial charge is 0.335 e. The number of nitrogens with one attached hydrogen (secondary N) is 1. The van der Waals surface area contributed by atoms with E-state index in [1.165, 1.54) is 12.1 Å². The Morgan fingerprint density at radius 1 is 1.09 bits per heavy atom. The molecule has 1 aliphatic heterocycles. The van der Waals surface area contributed by atoms with Crippen molar-refractivity contribution >= 4 is 11.9 Å². The van der Waals surface area contributed by atoms with Gasteiger partial charge in [0.25, 0.3) is 5.91 Å². The summed E-state index contributed by atoms with van der Waals surface area (Å²) in [6.07, 6.45) is 0. The maximum atomic E-state index is 13.3. The van der Waals surface area contributed by atoms with Gasteiger partial charge in [0, 0.05) is 37.3 Å². The van der Waals surface area contributed by atoms with E-state index in [9.17, 15) is 14.0 Å². The number of aryl methyl sites for hydroxylation is 1. The highest BCUT2D eigenvalue weighted by Crippen LogP contribution is 2.13. The number of halogens is 1. The van der Waals surface area contributed by atoms with Crippen LogP contribution in [0, 0.1) is 12.7 Å². The molecule has 23 heavy (non-hydrogen) atoms. The van der Waals surface area contributed by atoms with Crippen LogP contribution in [-0.4, -0.2) is 53.5 Å². The quantitative estimate of drug-likeness (QED) is 0.863. The van der Waals surface area contributed by atoms with Crippen LogP contribution in [0.5, 0.6) is 0 Å². The molecule has 0 spiro atoms. The summed E-state index contributed by atoms with van der Waals surface area (Å²) in [6.45, 7) is 9.38. The molecule has 1 aliphatic rings. The Bertz CT molecular complexity index is 602. The van der Waals surface area contributed by atoms with Crippen molar-refractivity contribution in [2.45, 2.75) is 33.2 Å². The number of hydrogen-bond donors (Lipinski definition) is 1. The molecule has 5 nitrogen and oxygen atoms in total. The Labute approximate surface area is 136 Å². The molecule has 0 saturated carbocycles. The van der Waals surface area contributed by atoms with Crippen molar-refractivity contribution in [1.82, 2.24) is 15.1 Å². The minimum atomic E-state index is -0.315. The summed E-state index contributed by atoms with van der Waals surface area (Å²) in [5.74, 6) is -0.436. The Hall–Kier alpha value is -2.11. The monoisotopic (exact) mass is 321 g/mol. The second-order valence-corrected chi connectivity index (χ2v) is 6.92. The van der Waals surface area contributed by atoms with E-state index in [-0.39, 0.29) is 23.3 Å². The van der Waals surface area contributed by atoms with Crippen molar-refractivity contribution in [2.75, 3.05) is 26.2 Å². The van der Waals surface area contributed by atoms with Crippen LogP contribution in [-0.2, 0) is 0 Å². The fraction of sp³-hybridized carbons (Fsp3) is 0.529. The van der Waals surface area contributed by atoms with E-state index in [1.807, 2.05) is 20.8 Å². The fourth-order valence-corrected chi connectivity index (χ4v) is 2.47. The topological polar surface area (TPSA) is 52.7 Å². The molecule has 1 aromatic carbocycles. The Morgan fingerprint density at radius 3 is 2.17 bits per heavy atom. The van der Waals surface area contributed by atoms with E-state index in [2.05, 4.69) is 5.32 Å². The van der Waals surface area contributed by atoms with E-state index in [0.29, 0.717) is 37.3 Å². The summed E-state index contributed by atoms with van der Waals surface area (Å²) >= 11 is 0. The molecule has 0 unspecified atom stereocenters. The first-order valence-corrected chi connectivity index (χ1v) is 7.80. The predicted octanol–water partition coefficient (Wildman–Crippen LogP) is 2.40. The first-order chi connectivity index (χ1) is 10.7. The smallest absolute Gasteiger partial charge is 0.317 e. The molecule has 3 amide bonds. The first-order valence-electron chi connectivity index (χ1n) is 7.80. The van der Waals surface area contributed by atoms with Gasteiger partial charge in [0.05, 0.1) is 0 Å². The van der Waals surface area contributed by atoms with Crippen molar-refractivity contribution in [1.29, 1.82) is 0 Å². The van der Waals surface area contributed by atoms with Crippen LogP contribution >= 0.6 is 0 Å². The van der Waals surface area contributed by atoms with Crippen LogP contribution in [0.4, 0.5) is 9.18 Å². The highest BCUT2D eigenvalue weighted by molar-refractivity contribution is 5.94. The number of benzene rings is 1. The molecule has 0 atom stereocenters. The molecule has 6 heteroatoms. The number of piperazine rings is 1. The van der Waals surface area contributed by atoms with Gasteiger partial charge in [-0.05, 0) is 51.5 Å². The van der Waals surface area contributed by atoms with E-state index in [1.54, 1.807) is 22.8 Å². The fourth-order valence-electron chi connectivity index (χ4n) is 2.47. The lowest BCUT2D eigenvalue weighted by Crippen LogP contribution is -2.56. The Balaban J connectivity index is 1.94. The summed E-state index contributed by atoms with van der Waals surface area (Å²) in [5, 5.41) is 2.92. The van der Waals surface area contributed by atoms with E-state index < -0.39 is 0 Å². The predicted molar refractivity (Wildman–Crippen MR) is 86.9 cm³/mol. The summed E-state index contributed by atoms with van der Waals surface area (Å²) in [6, 6.07) is 4.28. The lowest BCUT2D eigenvalue weighted by molar-refractivity contribution is 0.0661. The van der Waals surface area contributed by atoms with Crippen LogP contribution in [0.3, 0.4) is 0 Å². The van der Waals surface area contributed by atoms with Gasteiger partial charge in [-0.15, -0.1) is 0 Å². The highest BCUT2D eigenvalue weighted by atomic mass is 19.1. The number of rotatable bonds is 1. The van der Waals surface area contributed by atoms with Gasteiger partial charge in [0.1, 0.15) is 5.82 Å². The normalized spacial score (nSPS) is 15.5. The summed E-state index contributed by atoms with van der Waals surface area (Å²) in [4.78, 5) is 28.0. The van der Waals surface area contributed by atoms with Crippen LogP contribution < -0.4 is 5.32 Å². The lowest BCUT2D eigenvalue weighted by atomic mass is 10.1. The number of hydrogen-bond acceptors (Lipinski definition) is 2. The molecule has 1 aromatic rings. The average molecular weight is 321 g/mol. The molecule has 1 fully saturated rings. The molecule has 2 rings (SSSR count). The second kappa shape index (κ2) is 6.56. The van der Waals surface area contributed by atoms with Gasteiger partial charge >= 0.3 is 6.03 Å². The van der Waals surface area contributed by atoms with Gasteiger partial charge < -0.3 is 15.1 Å². The SMILES string of the molecule is Cc1cc(C(=O)N2CCN(C(=O)NC(C)(C)C)CC2)ccc1F. The summed E-state index contributed by atoms with van der Waals surface area (Å²) in [5.41, 5.74) is 0.658. The van der Waals surface area contributed by atoms with Gasteiger partial charge in [-0.3, -0.25) is 4.79 Å². The van der Waals surface area contributed by atoms with Crippen LogP contribution in [0.1, 0.15) is 36.7 Å². The Morgan fingerprint density at radius 2 is 1.65 bits per heavy atom. The molecule has 0 radical (unpaired) electrons. The second-order valence-electron chi connectivity index (χ2n) is 6.92. The van der Waals surface area contributed by atoms with Crippen molar-refractivity contribution in [3.63, 3.8) is 0 Å². The van der Waals surface area contributed by atoms with Crippen LogP contribution in [0.15, 0.2) is 18.2 Å². The molecule has 126 valence electrons. The average Bonchev–Trinajstić information content (AvgIpc) is 2.48. The molecule has 1 N–H and O–H groups in total. The third-order valence-corrected chi connectivity index (χ3v) is 3.74. The maximum Gasteiger partial charge on any atom is 0.317 e. The summed E-state index contributed by atoms with van der Waals surface area (Å²) in [7, 11) is 0. The third kappa shape index (κ3) is 4.43. The number of urea groups is 1. The highest BCUT2D eigenvalue weighted by Gasteiger charge is 2.26. The standard InChI is InChI=1S/C17H24FN3O2/c1-12-11-13(5-6-14(12)18)15(22)20-7-9-21(10-8-20)16(23)19-17(2,3)4/h5-6,11H,7-10H2,1-4H3,(H,19,23). The molecular formula is C17H24FN3O2. The minimum absolute atomic E-state index is 0.109. The molecule has 0 aliphatic carbocycles. The minimum Gasteiger partial charge on any atom is -0.335 e.